The van der Waals surface area contributed by atoms with E-state index in [-0.39, 0.29) is 16.6 Å². The highest BCUT2D eigenvalue weighted by atomic mass is 79.9. The first-order valence-corrected chi connectivity index (χ1v) is 6.54. The van der Waals surface area contributed by atoms with Gasteiger partial charge in [0.1, 0.15) is 17.4 Å². The molecular formula is C13H13BrF2N2O. The molecule has 0 amide bonds. The molecule has 0 saturated heterocycles. The average molecular weight is 331 g/mol. The molecule has 6 heteroatoms. The zero-order chi connectivity index (χ0) is 14.0. The Morgan fingerprint density at radius 1 is 1.26 bits per heavy atom. The second-order valence-corrected chi connectivity index (χ2v) is 5.03. The van der Waals surface area contributed by atoms with Crippen LogP contribution >= 0.6 is 15.9 Å². The Morgan fingerprint density at radius 3 is 2.63 bits per heavy atom. The van der Waals surface area contributed by atoms with Crippen LogP contribution in [0.4, 0.5) is 8.78 Å². The van der Waals surface area contributed by atoms with E-state index in [9.17, 15) is 8.78 Å². The lowest BCUT2D eigenvalue weighted by atomic mass is 10.2. The number of nitrogens with zero attached hydrogens (tertiary/aromatic N) is 1. The van der Waals surface area contributed by atoms with Crippen molar-refractivity contribution in [2.24, 2.45) is 0 Å². The molecule has 0 bridgehead atoms. The van der Waals surface area contributed by atoms with Crippen LogP contribution in [0.5, 0.6) is 0 Å². The highest BCUT2D eigenvalue weighted by molar-refractivity contribution is 9.10. The fraction of sp³-hybridized carbons (Fsp3) is 0.308. The fourth-order valence-corrected chi connectivity index (χ4v) is 2.01. The molecule has 1 aromatic carbocycles. The monoisotopic (exact) mass is 330 g/mol. The topological polar surface area (TPSA) is 38.1 Å². The molecule has 0 atom stereocenters. The summed E-state index contributed by atoms with van der Waals surface area (Å²) in [6.07, 6.45) is 0. The largest absolute Gasteiger partial charge is 0.444 e. The zero-order valence-corrected chi connectivity index (χ0v) is 12.1. The van der Waals surface area contributed by atoms with Crippen LogP contribution in [0.2, 0.25) is 0 Å². The van der Waals surface area contributed by atoms with Crippen molar-refractivity contribution in [2.45, 2.75) is 26.9 Å². The third-order valence-corrected chi connectivity index (χ3v) is 3.40. The van der Waals surface area contributed by atoms with Gasteiger partial charge >= 0.3 is 0 Å². The molecular weight excluding hydrogens is 318 g/mol. The van der Waals surface area contributed by atoms with Crippen molar-refractivity contribution in [2.75, 3.05) is 0 Å². The number of halogens is 3. The van der Waals surface area contributed by atoms with E-state index in [1.165, 1.54) is 12.1 Å². The van der Waals surface area contributed by atoms with E-state index in [2.05, 4.69) is 26.2 Å². The summed E-state index contributed by atoms with van der Waals surface area (Å²) in [6, 6.07) is 2.57. The van der Waals surface area contributed by atoms with Crippen LogP contribution in [0, 0.1) is 25.5 Å². The van der Waals surface area contributed by atoms with Gasteiger partial charge in [0.25, 0.3) is 0 Å². The predicted octanol–water partition coefficient (Wildman–Crippen LogP) is 3.62. The molecule has 3 nitrogen and oxygen atoms in total. The number of benzene rings is 1. The van der Waals surface area contributed by atoms with Crippen molar-refractivity contribution in [1.29, 1.82) is 0 Å². The maximum Gasteiger partial charge on any atom is 0.208 e. The van der Waals surface area contributed by atoms with Crippen LogP contribution in [0.25, 0.3) is 0 Å². The Labute approximate surface area is 118 Å². The lowest BCUT2D eigenvalue weighted by Gasteiger charge is -2.07. The lowest BCUT2D eigenvalue weighted by molar-refractivity contribution is 0.443. The van der Waals surface area contributed by atoms with Gasteiger partial charge in [-0.15, -0.1) is 0 Å². The van der Waals surface area contributed by atoms with Gasteiger partial charge in [0, 0.05) is 12.1 Å². The van der Waals surface area contributed by atoms with Gasteiger partial charge in [-0.1, -0.05) is 0 Å². The summed E-state index contributed by atoms with van der Waals surface area (Å²) in [7, 11) is 0. The smallest absolute Gasteiger partial charge is 0.208 e. The summed E-state index contributed by atoms with van der Waals surface area (Å²) in [4.78, 5) is 4.18. The predicted molar refractivity (Wildman–Crippen MR) is 70.6 cm³/mol. The summed E-state index contributed by atoms with van der Waals surface area (Å²) in [6.45, 7) is 4.05. The first-order chi connectivity index (χ1) is 8.99. The summed E-state index contributed by atoms with van der Waals surface area (Å²) in [5.41, 5.74) is 0.811. The highest BCUT2D eigenvalue weighted by Gasteiger charge is 2.12. The number of rotatable bonds is 4. The van der Waals surface area contributed by atoms with Crippen LogP contribution in [0.15, 0.2) is 21.0 Å². The third-order valence-electron chi connectivity index (χ3n) is 2.79. The van der Waals surface area contributed by atoms with Gasteiger partial charge in [-0.25, -0.2) is 13.8 Å². The molecule has 0 fully saturated rings. The summed E-state index contributed by atoms with van der Waals surface area (Å²) in [5, 5.41) is 2.91. The van der Waals surface area contributed by atoms with E-state index in [0.29, 0.717) is 12.4 Å². The van der Waals surface area contributed by atoms with Crippen molar-refractivity contribution in [1.82, 2.24) is 10.3 Å². The van der Waals surface area contributed by atoms with Crippen molar-refractivity contribution >= 4 is 15.9 Å². The van der Waals surface area contributed by atoms with Crippen molar-refractivity contribution < 1.29 is 13.2 Å². The lowest BCUT2D eigenvalue weighted by Crippen LogP contribution is -2.15. The highest BCUT2D eigenvalue weighted by Crippen LogP contribution is 2.21. The average Bonchev–Trinajstić information content (AvgIpc) is 2.68. The number of nitrogens with one attached hydrogen (secondary N) is 1. The minimum absolute atomic E-state index is 0.00521. The van der Waals surface area contributed by atoms with Gasteiger partial charge in [-0.2, -0.15) is 0 Å². The Kier molecular flexibility index (Phi) is 4.31. The van der Waals surface area contributed by atoms with Gasteiger partial charge in [0.2, 0.25) is 5.89 Å². The van der Waals surface area contributed by atoms with Gasteiger partial charge in [-0.3, -0.25) is 0 Å². The van der Waals surface area contributed by atoms with Crippen LogP contribution in [-0.2, 0) is 13.1 Å². The molecule has 1 aromatic heterocycles. The second kappa shape index (κ2) is 5.79. The zero-order valence-electron chi connectivity index (χ0n) is 10.6. The minimum Gasteiger partial charge on any atom is -0.444 e. The third kappa shape index (κ3) is 3.19. The quantitative estimate of drug-likeness (QED) is 0.870. The number of aryl methyl sites for hydroxylation is 2. The van der Waals surface area contributed by atoms with Gasteiger partial charge in [-0.05, 0) is 41.9 Å². The fourth-order valence-electron chi connectivity index (χ4n) is 1.64. The van der Waals surface area contributed by atoms with Crippen LogP contribution in [0.1, 0.15) is 22.9 Å². The van der Waals surface area contributed by atoms with Gasteiger partial charge in [0.05, 0.1) is 16.7 Å². The number of aromatic nitrogens is 1. The first-order valence-electron chi connectivity index (χ1n) is 5.75. The molecule has 0 unspecified atom stereocenters. The number of hydrogen-bond donors (Lipinski definition) is 1. The van der Waals surface area contributed by atoms with Crippen LogP contribution in [-0.4, -0.2) is 4.98 Å². The van der Waals surface area contributed by atoms with E-state index in [1.807, 2.05) is 13.8 Å². The molecule has 0 spiro atoms. The molecule has 19 heavy (non-hydrogen) atoms. The van der Waals surface area contributed by atoms with E-state index < -0.39 is 11.6 Å². The van der Waals surface area contributed by atoms with E-state index in [1.54, 1.807) is 0 Å². The Balaban J connectivity index is 2.01. The number of oxazole rings is 1. The molecule has 1 heterocycles. The molecule has 102 valence electrons. The molecule has 0 aliphatic rings. The van der Waals surface area contributed by atoms with Gasteiger partial charge < -0.3 is 9.73 Å². The SMILES string of the molecule is Cc1nc(CNCc2c(F)ccc(Br)c2F)oc1C. The standard InChI is InChI=1S/C13H13BrF2N2O/c1-7-8(2)19-12(18-7)6-17-5-9-11(15)4-3-10(14)13(9)16/h3-4,17H,5-6H2,1-2H3. The van der Waals surface area contributed by atoms with E-state index in [0.717, 1.165) is 11.5 Å². The van der Waals surface area contributed by atoms with E-state index in [4.69, 9.17) is 4.42 Å². The van der Waals surface area contributed by atoms with Crippen molar-refractivity contribution in [3.63, 3.8) is 0 Å². The number of hydrogen-bond acceptors (Lipinski definition) is 3. The Morgan fingerprint density at radius 2 is 2.00 bits per heavy atom. The molecule has 2 rings (SSSR count). The molecule has 0 aliphatic heterocycles. The molecule has 0 aliphatic carbocycles. The van der Waals surface area contributed by atoms with E-state index >= 15 is 0 Å². The van der Waals surface area contributed by atoms with Crippen LogP contribution in [0.3, 0.4) is 0 Å². The first kappa shape index (κ1) is 14.1. The van der Waals surface area contributed by atoms with Crippen molar-refractivity contribution in [3.05, 3.63) is 51.1 Å². The summed E-state index contributed by atoms with van der Waals surface area (Å²) >= 11 is 3.03. The molecule has 2 aromatic rings. The normalized spacial score (nSPS) is 11.0. The second-order valence-electron chi connectivity index (χ2n) is 4.17. The Bertz CT molecular complexity index is 579. The molecule has 1 N–H and O–H groups in total. The molecule has 0 saturated carbocycles. The summed E-state index contributed by atoms with van der Waals surface area (Å²) < 4.78 is 32.8. The Hall–Kier alpha value is -1.27. The maximum absolute atomic E-state index is 13.7. The summed E-state index contributed by atoms with van der Waals surface area (Å²) in [5.74, 6) is 0.0858. The molecule has 0 radical (unpaired) electrons. The maximum atomic E-state index is 13.7. The van der Waals surface area contributed by atoms with Gasteiger partial charge in [0.15, 0.2) is 0 Å². The minimum atomic E-state index is -0.590. The van der Waals surface area contributed by atoms with Crippen molar-refractivity contribution in [3.8, 4) is 0 Å². The van der Waals surface area contributed by atoms with Crippen LogP contribution < -0.4 is 5.32 Å².